The Kier molecular flexibility index (Phi) is 3.59. The Morgan fingerprint density at radius 1 is 1.12 bits per heavy atom. The topological polar surface area (TPSA) is 54.7 Å². The Morgan fingerprint density at radius 2 is 1.81 bits per heavy atom. The SMILES string of the molecule is CCC(C)c1cccc(N)c1-c1nc2cc3c(cc2[nH]1)C1CCC3CC1. The van der Waals surface area contributed by atoms with Gasteiger partial charge in [-0.3, -0.25) is 0 Å². The monoisotopic (exact) mass is 345 g/mol. The standard InChI is InChI=1S/C23H27N3/c1-3-13(2)16-5-4-6-19(24)22(16)23-25-20-11-17-14-7-8-15(10-9-14)18(17)12-21(20)26-23/h4-6,11-15H,3,7-10,24H2,1-2H3,(H,25,26). The first-order chi connectivity index (χ1) is 12.7. The van der Waals surface area contributed by atoms with Gasteiger partial charge in [-0.2, -0.15) is 0 Å². The average molecular weight is 345 g/mol. The van der Waals surface area contributed by atoms with Crippen LogP contribution >= 0.6 is 0 Å². The second kappa shape index (κ2) is 5.87. The molecule has 26 heavy (non-hydrogen) atoms. The third kappa shape index (κ3) is 2.29. The number of rotatable bonds is 3. The minimum atomic E-state index is 0.464. The molecule has 3 aromatic rings. The van der Waals surface area contributed by atoms with Crippen LogP contribution in [-0.4, -0.2) is 9.97 Å². The summed E-state index contributed by atoms with van der Waals surface area (Å²) in [7, 11) is 0. The summed E-state index contributed by atoms with van der Waals surface area (Å²) in [6.45, 7) is 4.48. The molecular formula is C23H27N3. The number of aromatic amines is 1. The summed E-state index contributed by atoms with van der Waals surface area (Å²) in [5.41, 5.74) is 14.9. The molecule has 134 valence electrons. The van der Waals surface area contributed by atoms with Crippen molar-refractivity contribution in [2.75, 3.05) is 5.73 Å². The van der Waals surface area contributed by atoms with Gasteiger partial charge in [-0.1, -0.05) is 26.0 Å². The Balaban J connectivity index is 1.68. The smallest absolute Gasteiger partial charge is 0.140 e. The van der Waals surface area contributed by atoms with E-state index in [-0.39, 0.29) is 0 Å². The fraction of sp³-hybridized carbons (Fsp3) is 0.435. The van der Waals surface area contributed by atoms with Crippen LogP contribution in [-0.2, 0) is 0 Å². The van der Waals surface area contributed by atoms with Crippen molar-refractivity contribution >= 4 is 16.7 Å². The predicted octanol–water partition coefficient (Wildman–Crippen LogP) is 6.08. The quantitative estimate of drug-likeness (QED) is 0.565. The predicted molar refractivity (Wildman–Crippen MR) is 109 cm³/mol. The molecule has 1 aromatic heterocycles. The van der Waals surface area contributed by atoms with Crippen molar-refractivity contribution in [1.29, 1.82) is 0 Å². The molecule has 1 unspecified atom stereocenters. The van der Waals surface area contributed by atoms with E-state index in [1.165, 1.54) is 31.2 Å². The van der Waals surface area contributed by atoms with Crippen LogP contribution in [0.2, 0.25) is 0 Å². The van der Waals surface area contributed by atoms with Gasteiger partial charge >= 0.3 is 0 Å². The first kappa shape index (κ1) is 15.9. The molecule has 1 atom stereocenters. The van der Waals surface area contributed by atoms with Crippen LogP contribution in [0.15, 0.2) is 30.3 Å². The maximum atomic E-state index is 6.38. The van der Waals surface area contributed by atoms with Crippen molar-refractivity contribution in [3.8, 4) is 11.4 Å². The molecule has 0 aliphatic heterocycles. The number of H-pyrrole nitrogens is 1. The number of nitrogen functional groups attached to an aromatic ring is 1. The van der Waals surface area contributed by atoms with Gasteiger partial charge in [-0.05, 0) is 84.7 Å². The van der Waals surface area contributed by atoms with Crippen LogP contribution in [0.1, 0.15) is 80.4 Å². The van der Waals surface area contributed by atoms with Crippen LogP contribution in [0, 0.1) is 0 Å². The van der Waals surface area contributed by atoms with Crippen LogP contribution in [0.4, 0.5) is 5.69 Å². The zero-order valence-corrected chi connectivity index (χ0v) is 15.7. The highest BCUT2D eigenvalue weighted by Gasteiger charge is 2.33. The number of aromatic nitrogens is 2. The van der Waals surface area contributed by atoms with E-state index in [1.54, 1.807) is 11.1 Å². The third-order valence-electron chi connectivity index (χ3n) is 6.80. The molecule has 1 heterocycles. The van der Waals surface area contributed by atoms with E-state index < -0.39 is 0 Å². The van der Waals surface area contributed by atoms with Gasteiger partial charge in [-0.15, -0.1) is 0 Å². The summed E-state index contributed by atoms with van der Waals surface area (Å²) < 4.78 is 0. The molecule has 3 N–H and O–H groups in total. The molecule has 3 heteroatoms. The normalized spacial score (nSPS) is 22.5. The molecule has 2 aromatic carbocycles. The number of hydrogen-bond acceptors (Lipinski definition) is 2. The van der Waals surface area contributed by atoms with Crippen molar-refractivity contribution < 1.29 is 0 Å². The van der Waals surface area contributed by atoms with Gasteiger partial charge in [0.25, 0.3) is 0 Å². The van der Waals surface area contributed by atoms with Gasteiger partial charge < -0.3 is 10.7 Å². The highest BCUT2D eigenvalue weighted by atomic mass is 14.9. The van der Waals surface area contributed by atoms with Crippen molar-refractivity contribution in [3.05, 3.63) is 47.0 Å². The Morgan fingerprint density at radius 3 is 2.50 bits per heavy atom. The lowest BCUT2D eigenvalue weighted by Crippen LogP contribution is -2.21. The van der Waals surface area contributed by atoms with Crippen LogP contribution in [0.3, 0.4) is 0 Å². The van der Waals surface area contributed by atoms with E-state index in [4.69, 9.17) is 10.7 Å². The molecule has 3 aliphatic rings. The van der Waals surface area contributed by atoms with Gasteiger partial charge in [0.1, 0.15) is 5.82 Å². The number of nitrogens with one attached hydrogen (secondary N) is 1. The molecule has 0 spiro atoms. The first-order valence-electron chi connectivity index (χ1n) is 10.1. The van der Waals surface area contributed by atoms with E-state index >= 15 is 0 Å². The van der Waals surface area contributed by atoms with Gasteiger partial charge in [0.05, 0.1) is 11.0 Å². The molecule has 1 saturated carbocycles. The molecular weight excluding hydrogens is 318 g/mol. The lowest BCUT2D eigenvalue weighted by atomic mass is 9.67. The molecule has 2 bridgehead atoms. The lowest BCUT2D eigenvalue weighted by molar-refractivity contribution is 0.359. The fourth-order valence-corrected chi connectivity index (χ4v) is 5.12. The van der Waals surface area contributed by atoms with Gasteiger partial charge in [0.15, 0.2) is 0 Å². The molecule has 0 amide bonds. The molecule has 0 radical (unpaired) electrons. The summed E-state index contributed by atoms with van der Waals surface area (Å²) in [5, 5.41) is 0. The average Bonchev–Trinajstić information content (AvgIpc) is 3.09. The van der Waals surface area contributed by atoms with Gasteiger partial charge in [0, 0.05) is 11.3 Å². The number of nitrogens with two attached hydrogens (primary N) is 1. The summed E-state index contributed by atoms with van der Waals surface area (Å²) in [5.74, 6) is 2.88. The van der Waals surface area contributed by atoms with Crippen molar-refractivity contribution in [2.24, 2.45) is 0 Å². The van der Waals surface area contributed by atoms with Crippen LogP contribution < -0.4 is 5.73 Å². The van der Waals surface area contributed by atoms with Crippen molar-refractivity contribution in [3.63, 3.8) is 0 Å². The number of fused-ring (bicyclic) bond motifs is 3. The van der Waals surface area contributed by atoms with Gasteiger partial charge in [-0.25, -0.2) is 4.98 Å². The highest BCUT2D eigenvalue weighted by Crippen LogP contribution is 2.50. The summed E-state index contributed by atoms with van der Waals surface area (Å²) >= 11 is 0. The summed E-state index contributed by atoms with van der Waals surface area (Å²) in [6.07, 6.45) is 6.50. The third-order valence-corrected chi connectivity index (χ3v) is 6.80. The van der Waals surface area contributed by atoms with E-state index in [0.29, 0.717) is 5.92 Å². The molecule has 0 saturated heterocycles. The Labute approximate surface area is 155 Å². The largest absolute Gasteiger partial charge is 0.398 e. The van der Waals surface area contributed by atoms with E-state index in [0.717, 1.165) is 46.4 Å². The second-order valence-corrected chi connectivity index (χ2v) is 8.25. The lowest BCUT2D eigenvalue weighted by Gasteiger charge is -2.38. The minimum absolute atomic E-state index is 0.464. The fourth-order valence-electron chi connectivity index (χ4n) is 5.12. The number of benzene rings is 2. The Hall–Kier alpha value is -2.29. The minimum Gasteiger partial charge on any atom is -0.398 e. The highest BCUT2D eigenvalue weighted by molar-refractivity contribution is 5.85. The van der Waals surface area contributed by atoms with E-state index in [1.807, 2.05) is 6.07 Å². The second-order valence-electron chi connectivity index (χ2n) is 8.25. The number of nitrogens with zero attached hydrogens (tertiary/aromatic N) is 1. The Bertz CT molecular complexity index is 928. The number of imidazole rings is 1. The first-order valence-corrected chi connectivity index (χ1v) is 10.1. The zero-order valence-electron chi connectivity index (χ0n) is 15.7. The van der Waals surface area contributed by atoms with Crippen molar-refractivity contribution in [1.82, 2.24) is 9.97 Å². The number of anilines is 1. The van der Waals surface area contributed by atoms with E-state index in [9.17, 15) is 0 Å². The molecule has 3 aliphatic carbocycles. The molecule has 6 rings (SSSR count). The van der Waals surface area contributed by atoms with Gasteiger partial charge in [0.2, 0.25) is 0 Å². The molecule has 3 nitrogen and oxygen atoms in total. The zero-order chi connectivity index (χ0) is 17.8. The van der Waals surface area contributed by atoms with Crippen LogP contribution in [0.5, 0.6) is 0 Å². The van der Waals surface area contributed by atoms with Crippen LogP contribution in [0.25, 0.3) is 22.4 Å². The van der Waals surface area contributed by atoms with Crippen molar-refractivity contribution in [2.45, 2.75) is 63.7 Å². The molecule has 1 fully saturated rings. The maximum absolute atomic E-state index is 6.38. The summed E-state index contributed by atoms with van der Waals surface area (Å²) in [4.78, 5) is 8.57. The number of hydrogen-bond donors (Lipinski definition) is 2. The summed E-state index contributed by atoms with van der Waals surface area (Å²) in [6, 6.07) is 11.0. The maximum Gasteiger partial charge on any atom is 0.140 e. The van der Waals surface area contributed by atoms with E-state index in [2.05, 4.69) is 43.1 Å².